The van der Waals surface area contributed by atoms with Crippen molar-refractivity contribution < 1.29 is 14.7 Å². The van der Waals surface area contributed by atoms with Gasteiger partial charge in [0.1, 0.15) is 0 Å². The molecule has 0 bridgehead atoms. The van der Waals surface area contributed by atoms with Crippen molar-refractivity contribution >= 4 is 23.6 Å². The number of carboxylic acids is 1. The van der Waals surface area contributed by atoms with Gasteiger partial charge in [-0.1, -0.05) is 6.92 Å². The van der Waals surface area contributed by atoms with Crippen LogP contribution in [-0.2, 0) is 9.59 Å². The number of thioether (sulfide) groups is 1. The number of carbonyl (C=O) groups is 2. The van der Waals surface area contributed by atoms with Crippen molar-refractivity contribution in [2.45, 2.75) is 26.2 Å². The molecule has 1 atom stereocenters. The number of aliphatic carboxylic acids is 1. The summed E-state index contributed by atoms with van der Waals surface area (Å²) in [5.41, 5.74) is 0. The maximum Gasteiger partial charge on any atom is 0.304 e. The van der Waals surface area contributed by atoms with Crippen LogP contribution in [0.1, 0.15) is 26.2 Å². The molecule has 0 radical (unpaired) electrons. The molecule has 1 N–H and O–H groups in total. The van der Waals surface area contributed by atoms with Crippen molar-refractivity contribution in [2.75, 3.05) is 24.6 Å². The summed E-state index contributed by atoms with van der Waals surface area (Å²) in [6.45, 7) is 3.89. The lowest BCUT2D eigenvalue weighted by molar-refractivity contribution is -0.136. The average Bonchev–Trinajstić information content (AvgIpc) is 2.24. The van der Waals surface area contributed by atoms with Gasteiger partial charge in [-0.3, -0.25) is 9.59 Å². The van der Waals surface area contributed by atoms with Gasteiger partial charge < -0.3 is 10.0 Å². The predicted octanol–water partition coefficient (Wildman–Crippen LogP) is 1.45. The highest BCUT2D eigenvalue weighted by Crippen LogP contribution is 2.16. The van der Waals surface area contributed by atoms with Crippen LogP contribution in [0.15, 0.2) is 0 Å². The summed E-state index contributed by atoms with van der Waals surface area (Å²) in [6, 6.07) is 0. The van der Waals surface area contributed by atoms with Crippen molar-refractivity contribution in [3.05, 3.63) is 0 Å². The molecule has 92 valence electrons. The highest BCUT2D eigenvalue weighted by atomic mass is 32.2. The Morgan fingerprint density at radius 3 is 2.88 bits per heavy atom. The Kier molecular flexibility index (Phi) is 5.66. The Morgan fingerprint density at radius 2 is 2.25 bits per heavy atom. The fourth-order valence-electron chi connectivity index (χ4n) is 1.83. The second-order valence-corrected chi connectivity index (χ2v) is 5.39. The maximum absolute atomic E-state index is 11.7. The first-order chi connectivity index (χ1) is 7.59. The zero-order chi connectivity index (χ0) is 12.0. The minimum Gasteiger partial charge on any atom is -0.481 e. The number of hydrogen-bond acceptors (Lipinski definition) is 3. The van der Waals surface area contributed by atoms with E-state index in [1.165, 1.54) is 18.2 Å². The molecular weight excluding hydrogens is 226 g/mol. The molecule has 0 aromatic rings. The first-order valence-electron chi connectivity index (χ1n) is 5.67. The molecule has 0 aliphatic carbocycles. The third-order valence-electron chi connectivity index (χ3n) is 2.70. The molecule has 0 aromatic heterocycles. The molecule has 1 saturated heterocycles. The summed E-state index contributed by atoms with van der Waals surface area (Å²) in [7, 11) is 0. The average molecular weight is 245 g/mol. The minimum atomic E-state index is -0.799. The number of rotatable bonds is 5. The van der Waals surface area contributed by atoms with Crippen LogP contribution < -0.4 is 0 Å². The van der Waals surface area contributed by atoms with Crippen LogP contribution in [0, 0.1) is 5.92 Å². The molecule has 16 heavy (non-hydrogen) atoms. The normalized spacial score (nSPS) is 20.8. The summed E-state index contributed by atoms with van der Waals surface area (Å²) >= 11 is 1.41. The van der Waals surface area contributed by atoms with Gasteiger partial charge in [-0.2, -0.15) is 11.8 Å². The fraction of sp³-hybridized carbons (Fsp3) is 0.818. The number of piperidine rings is 1. The highest BCUT2D eigenvalue weighted by Gasteiger charge is 2.20. The van der Waals surface area contributed by atoms with Crippen LogP contribution in [0.4, 0.5) is 0 Å². The monoisotopic (exact) mass is 245 g/mol. The van der Waals surface area contributed by atoms with Crippen LogP contribution in [0.5, 0.6) is 0 Å². The SMILES string of the molecule is CC1CCCN(C(=O)CSCCC(=O)O)C1. The van der Waals surface area contributed by atoms with Crippen molar-refractivity contribution in [1.82, 2.24) is 4.90 Å². The van der Waals surface area contributed by atoms with E-state index in [4.69, 9.17) is 5.11 Å². The van der Waals surface area contributed by atoms with E-state index in [-0.39, 0.29) is 12.3 Å². The Bertz CT molecular complexity index is 258. The molecular formula is C11H19NO3S. The van der Waals surface area contributed by atoms with Gasteiger partial charge in [0, 0.05) is 18.8 Å². The van der Waals surface area contributed by atoms with E-state index < -0.39 is 5.97 Å². The van der Waals surface area contributed by atoms with Crippen molar-refractivity contribution in [1.29, 1.82) is 0 Å². The second kappa shape index (κ2) is 6.78. The van der Waals surface area contributed by atoms with Gasteiger partial charge in [0.15, 0.2) is 0 Å². The van der Waals surface area contributed by atoms with Gasteiger partial charge in [-0.05, 0) is 18.8 Å². The highest BCUT2D eigenvalue weighted by molar-refractivity contribution is 7.99. The van der Waals surface area contributed by atoms with E-state index in [0.29, 0.717) is 17.4 Å². The fourth-order valence-corrected chi connectivity index (χ4v) is 2.65. The Hall–Kier alpha value is -0.710. The lowest BCUT2D eigenvalue weighted by atomic mass is 10.0. The molecule has 1 aliphatic heterocycles. The Morgan fingerprint density at radius 1 is 1.50 bits per heavy atom. The molecule has 1 rings (SSSR count). The van der Waals surface area contributed by atoms with Gasteiger partial charge in [0.05, 0.1) is 12.2 Å². The lowest BCUT2D eigenvalue weighted by Gasteiger charge is -2.30. The largest absolute Gasteiger partial charge is 0.481 e. The van der Waals surface area contributed by atoms with Gasteiger partial charge >= 0.3 is 5.97 Å². The lowest BCUT2D eigenvalue weighted by Crippen LogP contribution is -2.40. The minimum absolute atomic E-state index is 0.133. The van der Waals surface area contributed by atoms with E-state index >= 15 is 0 Å². The van der Waals surface area contributed by atoms with Crippen LogP contribution in [0.25, 0.3) is 0 Å². The molecule has 1 amide bonds. The predicted molar refractivity (Wildman–Crippen MR) is 64.6 cm³/mol. The van der Waals surface area contributed by atoms with Crippen molar-refractivity contribution in [3.8, 4) is 0 Å². The van der Waals surface area contributed by atoms with Crippen LogP contribution in [0.3, 0.4) is 0 Å². The van der Waals surface area contributed by atoms with E-state index in [9.17, 15) is 9.59 Å². The summed E-state index contributed by atoms with van der Waals surface area (Å²) in [4.78, 5) is 23.9. The Labute approximate surface area is 100 Å². The summed E-state index contributed by atoms with van der Waals surface area (Å²) in [6.07, 6.45) is 2.43. The number of hydrogen-bond donors (Lipinski definition) is 1. The smallest absolute Gasteiger partial charge is 0.304 e. The third-order valence-corrected chi connectivity index (χ3v) is 3.64. The topological polar surface area (TPSA) is 57.6 Å². The van der Waals surface area contributed by atoms with E-state index in [1.54, 1.807) is 0 Å². The molecule has 1 unspecified atom stereocenters. The molecule has 0 spiro atoms. The van der Waals surface area contributed by atoms with E-state index in [2.05, 4.69) is 6.92 Å². The van der Waals surface area contributed by atoms with Gasteiger partial charge in [-0.25, -0.2) is 0 Å². The number of nitrogens with zero attached hydrogens (tertiary/aromatic N) is 1. The molecule has 0 aromatic carbocycles. The van der Waals surface area contributed by atoms with Crippen molar-refractivity contribution in [3.63, 3.8) is 0 Å². The number of carbonyl (C=O) groups excluding carboxylic acids is 1. The number of carboxylic acid groups (broad SMARTS) is 1. The van der Waals surface area contributed by atoms with Crippen LogP contribution in [0.2, 0.25) is 0 Å². The molecule has 5 heteroatoms. The van der Waals surface area contributed by atoms with E-state index in [1.807, 2.05) is 4.90 Å². The van der Waals surface area contributed by atoms with Gasteiger partial charge in [0.25, 0.3) is 0 Å². The third kappa shape index (κ3) is 4.88. The molecule has 1 heterocycles. The zero-order valence-corrected chi connectivity index (χ0v) is 10.5. The number of likely N-dealkylation sites (tertiary alicyclic amines) is 1. The summed E-state index contributed by atoms with van der Waals surface area (Å²) in [5.74, 6) is 0.889. The second-order valence-electron chi connectivity index (χ2n) is 4.28. The first kappa shape index (κ1) is 13.4. The molecule has 1 fully saturated rings. The molecule has 4 nitrogen and oxygen atoms in total. The van der Waals surface area contributed by atoms with Crippen LogP contribution in [-0.4, -0.2) is 46.5 Å². The standard InChI is InChI=1S/C11H19NO3S/c1-9-3-2-5-12(7-9)10(13)8-16-6-4-11(14)15/h9H,2-8H2,1H3,(H,14,15). The maximum atomic E-state index is 11.7. The zero-order valence-electron chi connectivity index (χ0n) is 9.65. The molecule has 1 aliphatic rings. The Balaban J connectivity index is 2.16. The number of amides is 1. The quantitative estimate of drug-likeness (QED) is 0.745. The van der Waals surface area contributed by atoms with Crippen molar-refractivity contribution in [2.24, 2.45) is 5.92 Å². The van der Waals surface area contributed by atoms with Gasteiger partial charge in [0.2, 0.25) is 5.91 Å². The van der Waals surface area contributed by atoms with E-state index in [0.717, 1.165) is 19.5 Å². The summed E-state index contributed by atoms with van der Waals surface area (Å²) < 4.78 is 0. The van der Waals surface area contributed by atoms with Gasteiger partial charge in [-0.15, -0.1) is 0 Å². The molecule has 0 saturated carbocycles. The first-order valence-corrected chi connectivity index (χ1v) is 6.82. The summed E-state index contributed by atoms with van der Waals surface area (Å²) in [5, 5.41) is 8.45. The van der Waals surface area contributed by atoms with Crippen LogP contribution >= 0.6 is 11.8 Å².